The van der Waals surface area contributed by atoms with E-state index in [0.717, 1.165) is 12.8 Å². The van der Waals surface area contributed by atoms with Crippen LogP contribution in [0.25, 0.3) is 0 Å². The molecule has 1 atom stereocenters. The van der Waals surface area contributed by atoms with E-state index in [2.05, 4.69) is 4.98 Å². The Kier molecular flexibility index (Phi) is 8.64. The van der Waals surface area contributed by atoms with Gasteiger partial charge in [0.2, 0.25) is 0 Å². The first kappa shape index (κ1) is 25.6. The lowest BCUT2D eigenvalue weighted by Gasteiger charge is -2.37. The standard InChI is InChI=1S/C24H37N3O5/c1-8-31-22(29)19-11-12-20(25-17(19)4)21(28)26-13-9-10-18(14-26)15-27(16(2)3)23(30)32-24(5,6)7/h11-12,16,18H,8-10,13-15H2,1-7H3. The molecule has 8 heteroatoms. The second-order valence-electron chi connectivity index (χ2n) is 9.54. The average Bonchev–Trinajstić information content (AvgIpc) is 2.70. The molecule has 1 aromatic rings. The van der Waals surface area contributed by atoms with Gasteiger partial charge in [-0.25, -0.2) is 14.6 Å². The first-order valence-corrected chi connectivity index (χ1v) is 11.4. The molecule has 0 spiro atoms. The summed E-state index contributed by atoms with van der Waals surface area (Å²) in [5.74, 6) is -0.449. The van der Waals surface area contributed by atoms with Crippen molar-refractivity contribution in [3.63, 3.8) is 0 Å². The fraction of sp³-hybridized carbons (Fsp3) is 0.667. The van der Waals surface area contributed by atoms with Crippen LogP contribution < -0.4 is 0 Å². The van der Waals surface area contributed by atoms with Gasteiger partial charge in [0.25, 0.3) is 5.91 Å². The van der Waals surface area contributed by atoms with Crippen LogP contribution >= 0.6 is 0 Å². The van der Waals surface area contributed by atoms with E-state index in [4.69, 9.17) is 9.47 Å². The zero-order valence-corrected chi connectivity index (χ0v) is 20.4. The molecule has 178 valence electrons. The molecule has 1 aliphatic rings. The number of amides is 2. The highest BCUT2D eigenvalue weighted by molar-refractivity contribution is 5.95. The smallest absolute Gasteiger partial charge is 0.410 e. The molecule has 0 N–H and O–H groups in total. The van der Waals surface area contributed by atoms with E-state index in [-0.39, 0.29) is 30.6 Å². The number of aryl methyl sites for hydroxylation is 1. The van der Waals surface area contributed by atoms with Gasteiger partial charge in [0, 0.05) is 25.7 Å². The van der Waals surface area contributed by atoms with Gasteiger partial charge in [-0.05, 0) is 79.4 Å². The Labute approximate surface area is 191 Å². The molecule has 8 nitrogen and oxygen atoms in total. The molecule has 0 bridgehead atoms. The predicted molar refractivity (Wildman–Crippen MR) is 122 cm³/mol. The lowest BCUT2D eigenvalue weighted by atomic mass is 9.96. The molecular weight excluding hydrogens is 410 g/mol. The molecular formula is C24H37N3O5. The molecule has 32 heavy (non-hydrogen) atoms. The van der Waals surface area contributed by atoms with Crippen LogP contribution in [0, 0.1) is 12.8 Å². The first-order chi connectivity index (χ1) is 14.9. The molecule has 1 fully saturated rings. The largest absolute Gasteiger partial charge is 0.462 e. The highest BCUT2D eigenvalue weighted by atomic mass is 16.6. The third-order valence-electron chi connectivity index (χ3n) is 5.31. The highest BCUT2D eigenvalue weighted by Crippen LogP contribution is 2.22. The van der Waals surface area contributed by atoms with E-state index in [1.54, 1.807) is 35.8 Å². The molecule has 1 saturated heterocycles. The fourth-order valence-corrected chi connectivity index (χ4v) is 3.76. The summed E-state index contributed by atoms with van der Waals surface area (Å²) < 4.78 is 10.6. The third-order valence-corrected chi connectivity index (χ3v) is 5.31. The van der Waals surface area contributed by atoms with Crippen LogP contribution in [-0.2, 0) is 9.47 Å². The van der Waals surface area contributed by atoms with E-state index < -0.39 is 11.6 Å². The minimum atomic E-state index is -0.558. The molecule has 0 saturated carbocycles. The minimum Gasteiger partial charge on any atom is -0.462 e. The molecule has 0 aromatic carbocycles. The van der Waals surface area contributed by atoms with Crippen LogP contribution in [0.15, 0.2) is 12.1 Å². The van der Waals surface area contributed by atoms with E-state index in [9.17, 15) is 14.4 Å². The maximum atomic E-state index is 13.1. The number of carbonyl (C=O) groups excluding carboxylic acids is 3. The quantitative estimate of drug-likeness (QED) is 0.611. The lowest BCUT2D eigenvalue weighted by molar-refractivity contribution is 0.0123. The van der Waals surface area contributed by atoms with Gasteiger partial charge in [0.15, 0.2) is 0 Å². The molecule has 0 radical (unpaired) electrons. The van der Waals surface area contributed by atoms with Crippen LogP contribution in [0.3, 0.4) is 0 Å². The van der Waals surface area contributed by atoms with Crippen molar-refractivity contribution in [2.24, 2.45) is 5.92 Å². The molecule has 0 aliphatic carbocycles. The molecule has 2 rings (SSSR count). The van der Waals surface area contributed by atoms with Crippen molar-refractivity contribution in [1.29, 1.82) is 0 Å². The van der Waals surface area contributed by atoms with Gasteiger partial charge in [0.1, 0.15) is 11.3 Å². The number of aromatic nitrogens is 1. The maximum Gasteiger partial charge on any atom is 0.410 e. The monoisotopic (exact) mass is 447 g/mol. The number of nitrogens with zero attached hydrogens (tertiary/aromatic N) is 3. The summed E-state index contributed by atoms with van der Waals surface area (Å²) in [6.45, 7) is 14.9. The summed E-state index contributed by atoms with van der Waals surface area (Å²) in [4.78, 5) is 45.6. The third kappa shape index (κ3) is 6.93. The van der Waals surface area contributed by atoms with Gasteiger partial charge >= 0.3 is 12.1 Å². The van der Waals surface area contributed by atoms with Gasteiger partial charge in [-0.2, -0.15) is 0 Å². The second kappa shape index (κ2) is 10.8. The summed E-state index contributed by atoms with van der Waals surface area (Å²) in [5, 5.41) is 0. The lowest BCUT2D eigenvalue weighted by Crippen LogP contribution is -2.48. The number of likely N-dealkylation sites (tertiary alicyclic amines) is 1. The summed E-state index contributed by atoms with van der Waals surface area (Å²) >= 11 is 0. The maximum absolute atomic E-state index is 13.1. The van der Waals surface area contributed by atoms with E-state index >= 15 is 0 Å². The van der Waals surface area contributed by atoms with E-state index in [1.807, 2.05) is 34.6 Å². The Bertz CT molecular complexity index is 831. The van der Waals surface area contributed by atoms with Crippen molar-refractivity contribution in [3.05, 3.63) is 29.1 Å². The van der Waals surface area contributed by atoms with Crippen LogP contribution in [0.1, 0.15) is 80.9 Å². The molecule has 1 aliphatic heterocycles. The SMILES string of the molecule is CCOC(=O)c1ccc(C(=O)N2CCCC(CN(C(=O)OC(C)(C)C)C(C)C)C2)nc1C. The second-order valence-corrected chi connectivity index (χ2v) is 9.54. The molecule has 1 aromatic heterocycles. The fourth-order valence-electron chi connectivity index (χ4n) is 3.76. The topological polar surface area (TPSA) is 89.0 Å². The van der Waals surface area contributed by atoms with Crippen molar-refractivity contribution >= 4 is 18.0 Å². The number of hydrogen-bond acceptors (Lipinski definition) is 6. The van der Waals surface area contributed by atoms with Crippen LogP contribution in [0.2, 0.25) is 0 Å². The number of hydrogen-bond donors (Lipinski definition) is 0. The Morgan fingerprint density at radius 1 is 1.25 bits per heavy atom. The van der Waals surface area contributed by atoms with Gasteiger partial charge in [-0.1, -0.05) is 0 Å². The van der Waals surface area contributed by atoms with Crippen molar-refractivity contribution in [2.45, 2.75) is 73.0 Å². The highest BCUT2D eigenvalue weighted by Gasteiger charge is 2.31. The van der Waals surface area contributed by atoms with Crippen LogP contribution in [0.4, 0.5) is 4.79 Å². The van der Waals surface area contributed by atoms with Gasteiger partial charge < -0.3 is 19.3 Å². The van der Waals surface area contributed by atoms with E-state index in [1.165, 1.54) is 0 Å². The Morgan fingerprint density at radius 2 is 1.94 bits per heavy atom. The van der Waals surface area contributed by atoms with Crippen molar-refractivity contribution in [1.82, 2.24) is 14.8 Å². The number of piperidine rings is 1. The predicted octanol–water partition coefficient (Wildman–Crippen LogP) is 4.06. The summed E-state index contributed by atoms with van der Waals surface area (Å²) in [6, 6.07) is 3.17. The zero-order valence-electron chi connectivity index (χ0n) is 20.4. The first-order valence-electron chi connectivity index (χ1n) is 11.4. The molecule has 1 unspecified atom stereocenters. The zero-order chi connectivity index (χ0) is 24.1. The van der Waals surface area contributed by atoms with Gasteiger partial charge in [-0.3, -0.25) is 4.79 Å². The van der Waals surface area contributed by atoms with Crippen molar-refractivity contribution in [2.75, 3.05) is 26.2 Å². The Balaban J connectivity index is 2.08. The van der Waals surface area contributed by atoms with Crippen molar-refractivity contribution in [3.8, 4) is 0 Å². The summed E-state index contributed by atoms with van der Waals surface area (Å²) in [6.07, 6.45) is 1.46. The average molecular weight is 448 g/mol. The summed E-state index contributed by atoms with van der Waals surface area (Å²) in [7, 11) is 0. The number of pyridine rings is 1. The minimum absolute atomic E-state index is 0.00401. The molecule has 2 amide bonds. The normalized spacial score (nSPS) is 16.6. The van der Waals surface area contributed by atoms with Gasteiger partial charge in [-0.15, -0.1) is 0 Å². The van der Waals surface area contributed by atoms with Crippen LogP contribution in [0.5, 0.6) is 0 Å². The van der Waals surface area contributed by atoms with Crippen LogP contribution in [-0.4, -0.2) is 70.6 Å². The number of ether oxygens (including phenoxy) is 2. The van der Waals surface area contributed by atoms with Crippen molar-refractivity contribution < 1.29 is 23.9 Å². The Hall–Kier alpha value is -2.64. The number of carbonyl (C=O) groups is 3. The van der Waals surface area contributed by atoms with E-state index in [0.29, 0.717) is 36.6 Å². The summed E-state index contributed by atoms with van der Waals surface area (Å²) in [5.41, 5.74) is 0.588. The Morgan fingerprint density at radius 3 is 2.50 bits per heavy atom. The number of esters is 1. The van der Waals surface area contributed by atoms with Gasteiger partial charge in [0.05, 0.1) is 17.9 Å². The number of rotatable bonds is 6. The molecule has 2 heterocycles.